The predicted molar refractivity (Wildman–Crippen MR) is 128 cm³/mol. The molecule has 6 heteroatoms. The first-order valence-corrected chi connectivity index (χ1v) is 11.3. The van der Waals surface area contributed by atoms with Gasteiger partial charge in [0.1, 0.15) is 0 Å². The van der Waals surface area contributed by atoms with Crippen LogP contribution in [0.1, 0.15) is 36.5 Å². The number of anilines is 1. The maximum atomic E-state index is 12.4. The normalized spacial score (nSPS) is 16.1. The van der Waals surface area contributed by atoms with Gasteiger partial charge in [-0.2, -0.15) is 5.10 Å². The van der Waals surface area contributed by atoms with Crippen LogP contribution in [-0.2, 0) is 26.1 Å². The van der Waals surface area contributed by atoms with Crippen LogP contribution >= 0.6 is 0 Å². The predicted octanol–water partition coefficient (Wildman–Crippen LogP) is 3.44. The van der Waals surface area contributed by atoms with E-state index >= 15 is 0 Å². The molecule has 6 nitrogen and oxygen atoms in total. The van der Waals surface area contributed by atoms with E-state index in [1.54, 1.807) is 12.3 Å². The van der Waals surface area contributed by atoms with Crippen molar-refractivity contribution in [3.8, 4) is 0 Å². The number of hydrogen-bond acceptors (Lipinski definition) is 5. The molecule has 1 aliphatic rings. The van der Waals surface area contributed by atoms with Crippen LogP contribution in [0.25, 0.3) is 0 Å². The Kier molecular flexibility index (Phi) is 7.02. The van der Waals surface area contributed by atoms with Crippen LogP contribution < -0.4 is 10.9 Å². The van der Waals surface area contributed by atoms with Crippen LogP contribution in [0.4, 0.5) is 5.69 Å². The SMILES string of the molecule is CC1(O)CCN(Cc2ccc(CCn3ncc(NCc4ccccc4)cc3=O)cc2)CC1. The fraction of sp³-hybridized carbons (Fsp3) is 0.385. The van der Waals surface area contributed by atoms with E-state index in [2.05, 4.69) is 39.6 Å². The van der Waals surface area contributed by atoms with Gasteiger partial charge in [-0.1, -0.05) is 54.6 Å². The number of likely N-dealkylation sites (tertiary alicyclic amines) is 1. The van der Waals surface area contributed by atoms with E-state index in [4.69, 9.17) is 0 Å². The van der Waals surface area contributed by atoms with Gasteiger partial charge in [0.05, 0.1) is 17.5 Å². The summed E-state index contributed by atoms with van der Waals surface area (Å²) in [6.07, 6.45) is 4.13. The second-order valence-corrected chi connectivity index (χ2v) is 8.98. The minimum absolute atomic E-state index is 0.0966. The number of rotatable bonds is 8. The minimum atomic E-state index is -0.511. The maximum Gasteiger partial charge on any atom is 0.268 e. The molecule has 0 unspecified atom stereocenters. The molecule has 1 saturated heterocycles. The van der Waals surface area contributed by atoms with Crippen LogP contribution in [0.15, 0.2) is 71.7 Å². The van der Waals surface area contributed by atoms with Crippen LogP contribution in [0.2, 0.25) is 0 Å². The van der Waals surface area contributed by atoms with E-state index < -0.39 is 5.60 Å². The van der Waals surface area contributed by atoms with Gasteiger partial charge in [0.25, 0.3) is 5.56 Å². The van der Waals surface area contributed by atoms with Crippen molar-refractivity contribution in [1.82, 2.24) is 14.7 Å². The van der Waals surface area contributed by atoms with E-state index in [1.165, 1.54) is 15.8 Å². The number of benzene rings is 2. The lowest BCUT2D eigenvalue weighted by Crippen LogP contribution is -2.41. The van der Waals surface area contributed by atoms with Crippen molar-refractivity contribution in [2.45, 2.75) is 51.4 Å². The van der Waals surface area contributed by atoms with E-state index in [0.29, 0.717) is 13.1 Å². The second kappa shape index (κ2) is 10.1. The summed E-state index contributed by atoms with van der Waals surface area (Å²) in [6.45, 7) is 5.91. The molecule has 0 saturated carbocycles. The third kappa shape index (κ3) is 6.28. The zero-order valence-electron chi connectivity index (χ0n) is 18.7. The zero-order chi connectivity index (χ0) is 22.4. The van der Waals surface area contributed by atoms with Gasteiger partial charge in [-0.05, 0) is 42.9 Å². The fourth-order valence-corrected chi connectivity index (χ4v) is 4.00. The van der Waals surface area contributed by atoms with Gasteiger partial charge < -0.3 is 10.4 Å². The lowest BCUT2D eigenvalue weighted by molar-refractivity contribution is -0.00730. The summed E-state index contributed by atoms with van der Waals surface area (Å²) in [5.74, 6) is 0. The maximum absolute atomic E-state index is 12.4. The molecule has 2 aromatic carbocycles. The summed E-state index contributed by atoms with van der Waals surface area (Å²) in [4.78, 5) is 14.8. The summed E-state index contributed by atoms with van der Waals surface area (Å²) >= 11 is 0. The van der Waals surface area contributed by atoms with Crippen LogP contribution in [0.5, 0.6) is 0 Å². The number of aryl methyl sites for hydroxylation is 2. The van der Waals surface area contributed by atoms with Crippen molar-refractivity contribution >= 4 is 5.69 Å². The summed E-state index contributed by atoms with van der Waals surface area (Å²) in [5, 5.41) is 17.7. The Morgan fingerprint density at radius 1 is 1.00 bits per heavy atom. The van der Waals surface area contributed by atoms with Crippen molar-refractivity contribution in [3.05, 3.63) is 93.9 Å². The van der Waals surface area contributed by atoms with Crippen molar-refractivity contribution in [3.63, 3.8) is 0 Å². The molecule has 168 valence electrons. The van der Waals surface area contributed by atoms with Crippen molar-refractivity contribution in [2.75, 3.05) is 18.4 Å². The Bertz CT molecular complexity index is 1050. The average molecular weight is 433 g/mol. The topological polar surface area (TPSA) is 70.4 Å². The van der Waals surface area contributed by atoms with E-state index in [1.807, 2.05) is 37.3 Å². The smallest absolute Gasteiger partial charge is 0.268 e. The van der Waals surface area contributed by atoms with Crippen LogP contribution in [0.3, 0.4) is 0 Å². The van der Waals surface area contributed by atoms with Gasteiger partial charge in [-0.3, -0.25) is 9.69 Å². The van der Waals surface area contributed by atoms with Gasteiger partial charge in [0.15, 0.2) is 0 Å². The Morgan fingerprint density at radius 3 is 2.38 bits per heavy atom. The third-order valence-electron chi connectivity index (χ3n) is 6.18. The molecule has 1 fully saturated rings. The first-order valence-electron chi connectivity index (χ1n) is 11.3. The van der Waals surface area contributed by atoms with Gasteiger partial charge in [0, 0.05) is 38.8 Å². The fourth-order valence-electron chi connectivity index (χ4n) is 4.00. The zero-order valence-corrected chi connectivity index (χ0v) is 18.7. The molecule has 2 heterocycles. The first kappa shape index (κ1) is 22.2. The second-order valence-electron chi connectivity index (χ2n) is 8.98. The molecule has 32 heavy (non-hydrogen) atoms. The monoisotopic (exact) mass is 432 g/mol. The Morgan fingerprint density at radius 2 is 1.69 bits per heavy atom. The molecule has 0 atom stereocenters. The summed E-state index contributed by atoms with van der Waals surface area (Å²) in [5.41, 5.74) is 3.75. The highest BCUT2D eigenvalue weighted by Gasteiger charge is 2.27. The van der Waals surface area contributed by atoms with Gasteiger partial charge in [-0.25, -0.2) is 4.68 Å². The van der Waals surface area contributed by atoms with Gasteiger partial charge >= 0.3 is 0 Å². The van der Waals surface area contributed by atoms with Crippen LogP contribution in [-0.4, -0.2) is 38.5 Å². The number of hydrogen-bond donors (Lipinski definition) is 2. The van der Waals surface area contributed by atoms with Crippen molar-refractivity contribution < 1.29 is 5.11 Å². The number of nitrogens with zero attached hydrogens (tertiary/aromatic N) is 3. The summed E-state index contributed by atoms with van der Waals surface area (Å²) in [6, 6.07) is 20.3. The van der Waals surface area contributed by atoms with E-state index in [0.717, 1.165) is 50.1 Å². The van der Waals surface area contributed by atoms with E-state index in [9.17, 15) is 9.90 Å². The molecule has 0 aliphatic carbocycles. The van der Waals surface area contributed by atoms with Crippen LogP contribution in [0, 0.1) is 0 Å². The number of nitrogens with one attached hydrogen (secondary N) is 1. The van der Waals surface area contributed by atoms with Crippen molar-refractivity contribution in [2.24, 2.45) is 0 Å². The highest BCUT2D eigenvalue weighted by atomic mass is 16.3. The molecular formula is C26H32N4O2. The molecule has 1 aromatic heterocycles. The number of aromatic nitrogens is 2. The van der Waals surface area contributed by atoms with Gasteiger partial charge in [0.2, 0.25) is 0 Å². The molecule has 0 bridgehead atoms. The lowest BCUT2D eigenvalue weighted by atomic mass is 9.93. The average Bonchev–Trinajstić information content (AvgIpc) is 2.80. The molecule has 4 rings (SSSR count). The third-order valence-corrected chi connectivity index (χ3v) is 6.18. The molecule has 2 N–H and O–H groups in total. The minimum Gasteiger partial charge on any atom is -0.390 e. The summed E-state index contributed by atoms with van der Waals surface area (Å²) in [7, 11) is 0. The standard InChI is InChI=1S/C26H32N4O2/c1-26(32)12-15-29(16-13-26)20-23-9-7-21(8-10-23)11-14-30-25(31)17-24(19-28-30)27-18-22-5-3-2-4-6-22/h2-10,17,19,27,32H,11-16,18,20H2,1H3. The molecule has 0 amide bonds. The Hall–Kier alpha value is -2.96. The molecule has 3 aromatic rings. The molecule has 0 radical (unpaired) electrons. The van der Waals surface area contributed by atoms with Gasteiger partial charge in [-0.15, -0.1) is 0 Å². The quantitative estimate of drug-likeness (QED) is 0.571. The van der Waals surface area contributed by atoms with E-state index in [-0.39, 0.29) is 5.56 Å². The number of aliphatic hydroxyl groups is 1. The summed E-state index contributed by atoms with van der Waals surface area (Å²) < 4.78 is 1.52. The first-order chi connectivity index (χ1) is 15.5. The Balaban J connectivity index is 1.26. The largest absolute Gasteiger partial charge is 0.390 e. The highest BCUT2D eigenvalue weighted by molar-refractivity contribution is 5.39. The molecule has 1 aliphatic heterocycles. The van der Waals surface area contributed by atoms with Crippen molar-refractivity contribution in [1.29, 1.82) is 0 Å². The Labute approximate surface area is 189 Å². The highest BCUT2D eigenvalue weighted by Crippen LogP contribution is 2.22. The molecular weight excluding hydrogens is 400 g/mol. The molecule has 0 spiro atoms. The number of piperidine rings is 1. The lowest BCUT2D eigenvalue weighted by Gasteiger charge is -2.35.